The van der Waals surface area contributed by atoms with Crippen molar-refractivity contribution in [2.24, 2.45) is 0 Å². The van der Waals surface area contributed by atoms with Gasteiger partial charge in [0.25, 0.3) is 25.8 Å². The molecule has 4 rings (SSSR count). The molecule has 0 fully saturated rings. The van der Waals surface area contributed by atoms with Crippen LogP contribution in [0.2, 0.25) is 5.02 Å². The van der Waals surface area contributed by atoms with E-state index in [0.717, 1.165) is 10.7 Å². The molecule has 3 aromatic carbocycles. The molecule has 0 bridgehead atoms. The first-order valence-electron chi connectivity index (χ1n) is 9.32. The van der Waals surface area contributed by atoms with Crippen LogP contribution in [0.3, 0.4) is 0 Å². The van der Waals surface area contributed by atoms with Gasteiger partial charge in [-0.05, 0) is 35.9 Å². The molecule has 0 atom stereocenters. The zero-order valence-corrected chi connectivity index (χ0v) is 20.8. The van der Waals surface area contributed by atoms with Crippen molar-refractivity contribution >= 4 is 47.8 Å². The second-order valence-electron chi connectivity index (χ2n) is 7.10. The molecule has 0 unspecified atom stereocenters. The molecule has 0 saturated heterocycles. The van der Waals surface area contributed by atoms with E-state index in [9.17, 15) is 30.7 Å². The van der Waals surface area contributed by atoms with Crippen molar-refractivity contribution in [3.05, 3.63) is 86.6 Å². The van der Waals surface area contributed by atoms with Crippen LogP contribution in [0, 0.1) is 0 Å². The molecule has 0 radical (unpaired) electrons. The van der Waals surface area contributed by atoms with E-state index >= 15 is 0 Å². The van der Waals surface area contributed by atoms with Crippen LogP contribution in [0.5, 0.6) is 0 Å². The van der Waals surface area contributed by atoms with Gasteiger partial charge >= 0.3 is 0 Å². The van der Waals surface area contributed by atoms with Gasteiger partial charge < -0.3 is 0 Å². The van der Waals surface area contributed by atoms with Gasteiger partial charge in [0.15, 0.2) is 0 Å². The molecular weight excluding hydrogens is 572 g/mol. The second-order valence-corrected chi connectivity index (χ2v) is 11.2. The van der Waals surface area contributed by atoms with Crippen LogP contribution in [0.25, 0.3) is 28.1 Å². The summed E-state index contributed by atoms with van der Waals surface area (Å²) in [4.78, 5) is 11.3. The van der Waals surface area contributed by atoms with Crippen LogP contribution in [0.4, 0.5) is 0 Å². The van der Waals surface area contributed by atoms with Crippen LogP contribution >= 0.6 is 27.5 Å². The molecule has 1 aromatic heterocycles. The standard InChI is InChI=1S/C21H14BrClN2O7S2/c22-13-7-5-12(6-8-13)21-18(9-14(33(27,28)29)10-19(21)34(30,31)32)25-20(26)11-17(24-25)15-3-1-2-4-16(15)23/h1-11,24H,(H,27,28,29)(H,30,31,32). The van der Waals surface area contributed by atoms with E-state index in [0.29, 0.717) is 21.1 Å². The van der Waals surface area contributed by atoms with Gasteiger partial charge in [-0.15, -0.1) is 0 Å². The van der Waals surface area contributed by atoms with Gasteiger partial charge in [0.05, 0.1) is 16.3 Å². The third kappa shape index (κ3) is 4.73. The van der Waals surface area contributed by atoms with Crippen molar-refractivity contribution in [3.8, 4) is 28.1 Å². The van der Waals surface area contributed by atoms with E-state index in [2.05, 4.69) is 21.0 Å². The Morgan fingerprint density at radius 2 is 1.53 bits per heavy atom. The number of H-pyrrole nitrogens is 1. The molecule has 1 heterocycles. The Morgan fingerprint density at radius 1 is 0.882 bits per heavy atom. The molecule has 9 nitrogen and oxygen atoms in total. The van der Waals surface area contributed by atoms with E-state index in [4.69, 9.17) is 11.6 Å². The molecule has 4 aromatic rings. The number of nitrogens with one attached hydrogen (secondary N) is 1. The number of halogens is 2. The lowest BCUT2D eigenvalue weighted by atomic mass is 10.0. The molecule has 0 aliphatic heterocycles. The summed E-state index contributed by atoms with van der Waals surface area (Å²) in [7, 11) is -9.93. The molecule has 176 valence electrons. The summed E-state index contributed by atoms with van der Waals surface area (Å²) < 4.78 is 69.4. The molecule has 0 spiro atoms. The van der Waals surface area contributed by atoms with E-state index in [-0.39, 0.29) is 22.5 Å². The average Bonchev–Trinajstić information content (AvgIpc) is 3.13. The van der Waals surface area contributed by atoms with Crippen molar-refractivity contribution in [2.45, 2.75) is 9.79 Å². The monoisotopic (exact) mass is 584 g/mol. The topological polar surface area (TPSA) is 147 Å². The molecule has 3 N–H and O–H groups in total. The number of nitrogens with zero attached hydrogens (tertiary/aromatic N) is 1. The van der Waals surface area contributed by atoms with Crippen LogP contribution in [0.1, 0.15) is 0 Å². The highest BCUT2D eigenvalue weighted by Gasteiger charge is 2.27. The molecule has 34 heavy (non-hydrogen) atoms. The lowest BCUT2D eigenvalue weighted by Gasteiger charge is -2.16. The Bertz CT molecular complexity index is 1690. The van der Waals surface area contributed by atoms with Gasteiger partial charge in [0, 0.05) is 26.7 Å². The van der Waals surface area contributed by atoms with E-state index in [1.165, 1.54) is 18.2 Å². The highest BCUT2D eigenvalue weighted by Crippen LogP contribution is 2.36. The summed E-state index contributed by atoms with van der Waals surface area (Å²) in [5.41, 5.74) is -0.116. The first-order chi connectivity index (χ1) is 15.9. The van der Waals surface area contributed by atoms with Crippen molar-refractivity contribution < 1.29 is 25.9 Å². The molecular formula is C21H14BrClN2O7S2. The van der Waals surface area contributed by atoms with Crippen molar-refractivity contribution in [1.29, 1.82) is 0 Å². The summed E-state index contributed by atoms with van der Waals surface area (Å²) in [5, 5.41) is 3.12. The van der Waals surface area contributed by atoms with Crippen LogP contribution in [0.15, 0.2) is 85.8 Å². The maximum atomic E-state index is 12.9. The zero-order valence-electron chi connectivity index (χ0n) is 16.8. The molecule has 13 heteroatoms. The summed E-state index contributed by atoms with van der Waals surface area (Å²) in [6.45, 7) is 0. The molecule has 0 aliphatic carbocycles. The number of rotatable bonds is 5. The Hall–Kier alpha value is -2.74. The Balaban J connectivity index is 2.13. The number of hydrogen-bond acceptors (Lipinski definition) is 5. The molecule has 0 amide bonds. The predicted octanol–water partition coefficient (Wildman–Crippen LogP) is 4.41. The fraction of sp³-hybridized carbons (Fsp3) is 0. The van der Waals surface area contributed by atoms with Crippen molar-refractivity contribution in [2.75, 3.05) is 0 Å². The third-order valence-corrected chi connectivity index (χ3v) is 7.46. The number of aromatic nitrogens is 2. The lowest BCUT2D eigenvalue weighted by Crippen LogP contribution is -2.17. The normalized spacial score (nSPS) is 12.1. The number of aromatic amines is 1. The Labute approximate surface area is 207 Å². The Kier molecular flexibility index (Phi) is 6.31. The van der Waals surface area contributed by atoms with Gasteiger partial charge in [-0.2, -0.15) is 16.8 Å². The molecule has 0 aliphatic rings. The fourth-order valence-corrected chi connectivity index (χ4v) is 5.26. The van der Waals surface area contributed by atoms with E-state index in [1.807, 2.05) is 0 Å². The maximum Gasteiger partial charge on any atom is 0.295 e. The summed E-state index contributed by atoms with van der Waals surface area (Å²) in [5.74, 6) is 0. The van der Waals surface area contributed by atoms with Crippen molar-refractivity contribution in [3.63, 3.8) is 0 Å². The summed E-state index contributed by atoms with van der Waals surface area (Å²) >= 11 is 9.49. The Morgan fingerprint density at radius 3 is 2.12 bits per heavy atom. The first kappa shape index (κ1) is 24.4. The minimum absolute atomic E-state index is 0.169. The molecule has 0 saturated carbocycles. The van der Waals surface area contributed by atoms with Crippen LogP contribution in [-0.2, 0) is 20.2 Å². The van der Waals surface area contributed by atoms with Crippen LogP contribution in [-0.4, -0.2) is 35.7 Å². The lowest BCUT2D eigenvalue weighted by molar-refractivity contribution is 0.481. The van der Waals surface area contributed by atoms with Gasteiger partial charge in [-0.3, -0.25) is 19.0 Å². The summed E-state index contributed by atoms with van der Waals surface area (Å²) in [6.07, 6.45) is 0. The zero-order chi connectivity index (χ0) is 24.8. The summed E-state index contributed by atoms with van der Waals surface area (Å²) in [6, 6.07) is 15.6. The SMILES string of the molecule is O=c1cc(-c2ccccc2Cl)[nH]n1-c1cc(S(=O)(=O)O)cc(S(=O)(=O)O)c1-c1ccc(Br)cc1. The number of hydrogen-bond donors (Lipinski definition) is 3. The van der Waals surface area contributed by atoms with E-state index < -0.39 is 35.6 Å². The van der Waals surface area contributed by atoms with Crippen LogP contribution < -0.4 is 5.56 Å². The van der Waals surface area contributed by atoms with Gasteiger partial charge in [-0.25, -0.2) is 4.68 Å². The quantitative estimate of drug-likeness (QED) is 0.294. The minimum atomic E-state index is -5.01. The maximum absolute atomic E-state index is 12.9. The average molecular weight is 586 g/mol. The third-order valence-electron chi connectivity index (χ3n) is 4.89. The first-order valence-corrected chi connectivity index (χ1v) is 13.4. The van der Waals surface area contributed by atoms with E-state index in [1.54, 1.807) is 36.4 Å². The van der Waals surface area contributed by atoms with Gasteiger partial charge in [0.2, 0.25) is 0 Å². The predicted molar refractivity (Wildman–Crippen MR) is 130 cm³/mol. The highest BCUT2D eigenvalue weighted by atomic mass is 79.9. The van der Waals surface area contributed by atoms with Gasteiger partial charge in [-0.1, -0.05) is 57.9 Å². The second kappa shape index (κ2) is 8.80. The largest absolute Gasteiger partial charge is 0.295 e. The number of benzene rings is 3. The van der Waals surface area contributed by atoms with Crippen molar-refractivity contribution in [1.82, 2.24) is 9.78 Å². The minimum Gasteiger partial charge on any atom is -0.290 e. The smallest absolute Gasteiger partial charge is 0.290 e. The van der Waals surface area contributed by atoms with Gasteiger partial charge in [0.1, 0.15) is 4.90 Å². The highest BCUT2D eigenvalue weighted by molar-refractivity contribution is 9.10. The fourth-order valence-electron chi connectivity index (χ4n) is 3.40.